The molecule has 136 valence electrons. The van der Waals surface area contributed by atoms with Crippen LogP contribution < -0.4 is 5.73 Å². The SMILES string of the molecule is C=C(/C(N)=C\C)c1ccc(C(C)(C)F)cc1.C=C(C)C(C)C.CF. The molecule has 24 heavy (non-hydrogen) atoms. The van der Waals surface area contributed by atoms with Gasteiger partial charge in [-0.3, -0.25) is 4.39 Å². The van der Waals surface area contributed by atoms with Crippen LogP contribution in [-0.4, -0.2) is 7.18 Å². The topological polar surface area (TPSA) is 26.0 Å². The summed E-state index contributed by atoms with van der Waals surface area (Å²) in [5.41, 5.74) is 8.70. The van der Waals surface area contributed by atoms with Crippen molar-refractivity contribution in [1.82, 2.24) is 0 Å². The number of rotatable bonds is 4. The first-order chi connectivity index (χ1) is 11.0. The van der Waals surface area contributed by atoms with E-state index in [-0.39, 0.29) is 0 Å². The molecule has 0 aliphatic carbocycles. The van der Waals surface area contributed by atoms with Gasteiger partial charge in [0.1, 0.15) is 5.67 Å². The Morgan fingerprint density at radius 3 is 1.75 bits per heavy atom. The molecule has 1 aromatic rings. The molecule has 1 nitrogen and oxygen atoms in total. The van der Waals surface area contributed by atoms with Crippen molar-refractivity contribution >= 4 is 5.57 Å². The molecule has 0 aromatic heterocycles. The van der Waals surface area contributed by atoms with Crippen LogP contribution in [0.15, 0.2) is 54.8 Å². The van der Waals surface area contributed by atoms with Crippen molar-refractivity contribution in [2.75, 3.05) is 7.18 Å². The van der Waals surface area contributed by atoms with Crippen molar-refractivity contribution in [2.24, 2.45) is 11.7 Å². The molecule has 0 heterocycles. The maximum absolute atomic E-state index is 13.6. The lowest BCUT2D eigenvalue weighted by Crippen LogP contribution is -2.08. The van der Waals surface area contributed by atoms with Crippen LogP contribution in [0.1, 0.15) is 52.7 Å². The average molecular weight is 337 g/mol. The molecular formula is C21H33F2N. The summed E-state index contributed by atoms with van der Waals surface area (Å²) in [7, 11) is 0.500. The highest BCUT2D eigenvalue weighted by Gasteiger charge is 2.18. The molecule has 0 atom stereocenters. The Labute approximate surface area is 147 Å². The van der Waals surface area contributed by atoms with Gasteiger partial charge in [0.05, 0.1) is 7.18 Å². The Kier molecular flexibility index (Phi) is 11.8. The van der Waals surface area contributed by atoms with E-state index in [1.807, 2.05) is 26.0 Å². The highest BCUT2D eigenvalue weighted by atomic mass is 19.1. The zero-order valence-corrected chi connectivity index (χ0v) is 16.2. The number of hydrogen-bond acceptors (Lipinski definition) is 1. The van der Waals surface area contributed by atoms with E-state index in [1.54, 1.807) is 18.2 Å². The number of allylic oxidation sites excluding steroid dienone is 3. The van der Waals surface area contributed by atoms with Crippen LogP contribution in [0.2, 0.25) is 0 Å². The summed E-state index contributed by atoms with van der Waals surface area (Å²) in [5, 5.41) is 0. The normalized spacial score (nSPS) is 11.0. The van der Waals surface area contributed by atoms with Gasteiger partial charge in [-0.25, -0.2) is 4.39 Å². The third-order valence-electron chi connectivity index (χ3n) is 3.56. The van der Waals surface area contributed by atoms with Gasteiger partial charge in [-0.15, -0.1) is 0 Å². The Bertz CT molecular complexity index is 532. The maximum atomic E-state index is 13.6. The lowest BCUT2D eigenvalue weighted by Gasteiger charge is -2.15. The molecule has 1 rings (SSSR count). The van der Waals surface area contributed by atoms with E-state index in [0.29, 0.717) is 24.4 Å². The fraction of sp³-hybridized carbons (Fsp3) is 0.429. The molecule has 0 unspecified atom stereocenters. The van der Waals surface area contributed by atoms with Gasteiger partial charge in [-0.1, -0.05) is 62.9 Å². The molecule has 0 aliphatic heterocycles. The van der Waals surface area contributed by atoms with Gasteiger partial charge < -0.3 is 5.73 Å². The van der Waals surface area contributed by atoms with Crippen molar-refractivity contribution in [3.8, 4) is 0 Å². The number of alkyl halides is 2. The molecule has 0 saturated carbocycles. The average Bonchev–Trinajstić information content (AvgIpc) is 2.55. The third-order valence-corrected chi connectivity index (χ3v) is 3.56. The summed E-state index contributed by atoms with van der Waals surface area (Å²) < 4.78 is 23.1. The largest absolute Gasteiger partial charge is 0.399 e. The van der Waals surface area contributed by atoms with E-state index >= 15 is 0 Å². The molecule has 2 N–H and O–H groups in total. The Hall–Kier alpha value is -1.90. The smallest absolute Gasteiger partial charge is 0.130 e. The monoisotopic (exact) mass is 337 g/mol. The van der Waals surface area contributed by atoms with Gasteiger partial charge in [0.15, 0.2) is 0 Å². The molecular weight excluding hydrogens is 304 g/mol. The Balaban J connectivity index is 0. The molecule has 1 aromatic carbocycles. The molecule has 0 bridgehead atoms. The van der Waals surface area contributed by atoms with Crippen molar-refractivity contribution in [3.05, 3.63) is 65.9 Å². The molecule has 0 aliphatic rings. The van der Waals surface area contributed by atoms with Gasteiger partial charge in [0, 0.05) is 5.70 Å². The molecule has 0 fully saturated rings. The van der Waals surface area contributed by atoms with Crippen LogP contribution in [0, 0.1) is 5.92 Å². The van der Waals surface area contributed by atoms with Crippen LogP contribution >= 0.6 is 0 Å². The van der Waals surface area contributed by atoms with E-state index in [2.05, 4.69) is 27.0 Å². The summed E-state index contributed by atoms with van der Waals surface area (Å²) >= 11 is 0. The highest BCUT2D eigenvalue weighted by Crippen LogP contribution is 2.26. The Morgan fingerprint density at radius 2 is 1.50 bits per heavy atom. The van der Waals surface area contributed by atoms with Gasteiger partial charge in [0.25, 0.3) is 0 Å². The number of benzene rings is 1. The van der Waals surface area contributed by atoms with E-state index < -0.39 is 5.67 Å². The van der Waals surface area contributed by atoms with Crippen LogP contribution in [0.25, 0.3) is 5.57 Å². The molecule has 0 radical (unpaired) electrons. The van der Waals surface area contributed by atoms with Crippen LogP contribution in [0.4, 0.5) is 8.78 Å². The third kappa shape index (κ3) is 9.29. The summed E-state index contributed by atoms with van der Waals surface area (Å²) in [4.78, 5) is 0. The van der Waals surface area contributed by atoms with E-state index in [0.717, 1.165) is 11.1 Å². The van der Waals surface area contributed by atoms with Gasteiger partial charge >= 0.3 is 0 Å². The summed E-state index contributed by atoms with van der Waals surface area (Å²) in [6.45, 7) is 18.9. The second kappa shape index (κ2) is 11.6. The van der Waals surface area contributed by atoms with Gasteiger partial charge in [0.2, 0.25) is 0 Å². The lowest BCUT2D eigenvalue weighted by molar-refractivity contribution is 0.221. The van der Waals surface area contributed by atoms with E-state index in [1.165, 1.54) is 19.4 Å². The first-order valence-electron chi connectivity index (χ1n) is 7.94. The van der Waals surface area contributed by atoms with Crippen molar-refractivity contribution < 1.29 is 8.78 Å². The van der Waals surface area contributed by atoms with Crippen molar-refractivity contribution in [1.29, 1.82) is 0 Å². The first kappa shape index (κ1) is 24.4. The minimum atomic E-state index is -1.31. The highest BCUT2D eigenvalue weighted by molar-refractivity contribution is 5.76. The van der Waals surface area contributed by atoms with E-state index in [4.69, 9.17) is 5.73 Å². The lowest BCUT2D eigenvalue weighted by atomic mass is 9.96. The molecule has 0 saturated heterocycles. The predicted octanol–water partition coefficient (Wildman–Crippen LogP) is 6.57. The molecule has 0 spiro atoms. The number of hydrogen-bond donors (Lipinski definition) is 1. The summed E-state index contributed by atoms with van der Waals surface area (Å²) in [6, 6.07) is 7.22. The second-order valence-electron chi connectivity index (χ2n) is 6.27. The van der Waals surface area contributed by atoms with Gasteiger partial charge in [-0.05, 0) is 50.3 Å². The van der Waals surface area contributed by atoms with Crippen LogP contribution in [0.5, 0.6) is 0 Å². The fourth-order valence-electron chi connectivity index (χ4n) is 1.41. The zero-order valence-electron chi connectivity index (χ0n) is 16.2. The summed E-state index contributed by atoms with van der Waals surface area (Å²) in [5.74, 6) is 0.657. The molecule has 3 heteroatoms. The second-order valence-corrected chi connectivity index (χ2v) is 6.27. The van der Waals surface area contributed by atoms with Gasteiger partial charge in [-0.2, -0.15) is 0 Å². The minimum absolute atomic E-state index is 0.500. The van der Waals surface area contributed by atoms with Crippen LogP contribution in [-0.2, 0) is 5.67 Å². The Morgan fingerprint density at radius 1 is 1.12 bits per heavy atom. The van der Waals surface area contributed by atoms with E-state index in [9.17, 15) is 8.78 Å². The minimum Gasteiger partial charge on any atom is -0.399 e. The maximum Gasteiger partial charge on any atom is 0.130 e. The van der Waals surface area contributed by atoms with Crippen molar-refractivity contribution in [2.45, 2.75) is 47.2 Å². The first-order valence-corrected chi connectivity index (χ1v) is 7.94. The quantitative estimate of drug-likeness (QED) is 0.488. The fourth-order valence-corrected chi connectivity index (χ4v) is 1.41. The summed E-state index contributed by atoms with van der Waals surface area (Å²) in [6.07, 6.45) is 1.80. The number of halogens is 2. The molecule has 0 amide bonds. The standard InChI is InChI=1S/C14H18FN.C6H12.CH3F/c1-5-13(16)10(2)11-6-8-12(9-7-11)14(3,4)15;1-5(2)6(3)4;1-2/h5-9H,2,16H2,1,3-4H3;6H,1H2,2-4H3;1H3/b13-5+;;. The van der Waals surface area contributed by atoms with Crippen LogP contribution in [0.3, 0.4) is 0 Å². The number of nitrogens with two attached hydrogens (primary N) is 1. The van der Waals surface area contributed by atoms with Crippen molar-refractivity contribution in [3.63, 3.8) is 0 Å². The zero-order chi connectivity index (χ0) is 19.5. The predicted molar refractivity (Wildman–Crippen MR) is 104 cm³/mol.